The Hall–Kier alpha value is -0.130. The zero-order valence-corrected chi connectivity index (χ0v) is 10.5. The molecule has 3 atom stereocenters. The second-order valence-corrected chi connectivity index (χ2v) is 6.60. The largest absolute Gasteiger partial charge is 0.378 e. The third kappa shape index (κ3) is 4.09. The Morgan fingerprint density at radius 3 is 2.60 bits per heavy atom. The van der Waals surface area contributed by atoms with Gasteiger partial charge in [-0.05, 0) is 26.8 Å². The highest BCUT2D eigenvalue weighted by Gasteiger charge is 2.31. The summed E-state index contributed by atoms with van der Waals surface area (Å²) in [5.74, 6) is 0.693. The summed E-state index contributed by atoms with van der Waals surface area (Å²) in [7, 11) is -0.970. The van der Waals surface area contributed by atoms with Crippen molar-refractivity contribution in [3.05, 3.63) is 0 Å². The van der Waals surface area contributed by atoms with E-state index in [0.717, 1.165) is 13.0 Å². The number of nitrogens with one attached hydrogen (secondary N) is 1. The van der Waals surface area contributed by atoms with E-state index in [-0.39, 0.29) is 17.9 Å². The maximum Gasteiger partial charge on any atom is 0.147 e. The Labute approximate surface area is 92.3 Å². The Bertz CT molecular complexity index is 289. The highest BCUT2D eigenvalue weighted by Crippen LogP contribution is 2.25. The van der Waals surface area contributed by atoms with Gasteiger partial charge in [0.1, 0.15) is 9.84 Å². The highest BCUT2D eigenvalue weighted by atomic mass is 32.2. The van der Waals surface area contributed by atoms with Gasteiger partial charge in [0.25, 0.3) is 0 Å². The van der Waals surface area contributed by atoms with Crippen LogP contribution in [0.15, 0.2) is 0 Å². The van der Waals surface area contributed by atoms with Crippen LogP contribution in [-0.4, -0.2) is 46.2 Å². The summed E-state index contributed by atoms with van der Waals surface area (Å²) in [5.41, 5.74) is 0. The summed E-state index contributed by atoms with van der Waals surface area (Å²) >= 11 is 0. The smallest absolute Gasteiger partial charge is 0.147 e. The molecule has 4 nitrogen and oxygen atoms in total. The molecule has 90 valence electrons. The van der Waals surface area contributed by atoms with Crippen LogP contribution < -0.4 is 5.32 Å². The molecule has 1 fully saturated rings. The fraction of sp³-hybridized carbons (Fsp3) is 1.00. The van der Waals surface area contributed by atoms with E-state index in [1.165, 1.54) is 6.26 Å². The van der Waals surface area contributed by atoms with E-state index in [2.05, 4.69) is 12.2 Å². The molecular formula is C10H21NO3S. The molecule has 1 aliphatic rings. The summed E-state index contributed by atoms with van der Waals surface area (Å²) in [4.78, 5) is 0. The topological polar surface area (TPSA) is 55.4 Å². The first kappa shape index (κ1) is 12.9. The lowest BCUT2D eigenvalue weighted by Crippen LogP contribution is -2.38. The highest BCUT2D eigenvalue weighted by molar-refractivity contribution is 7.90. The van der Waals surface area contributed by atoms with Gasteiger partial charge >= 0.3 is 0 Å². The molecule has 0 bridgehead atoms. The lowest BCUT2D eigenvalue weighted by atomic mass is 9.92. The summed E-state index contributed by atoms with van der Waals surface area (Å²) in [6.45, 7) is 2.85. The molecule has 1 N–H and O–H groups in total. The molecular weight excluding hydrogens is 214 g/mol. The van der Waals surface area contributed by atoms with Gasteiger partial charge < -0.3 is 10.1 Å². The van der Waals surface area contributed by atoms with Gasteiger partial charge in [-0.3, -0.25) is 0 Å². The quantitative estimate of drug-likeness (QED) is 0.751. The fourth-order valence-corrected chi connectivity index (χ4v) is 2.87. The van der Waals surface area contributed by atoms with Crippen molar-refractivity contribution in [2.24, 2.45) is 5.92 Å². The van der Waals surface area contributed by atoms with Gasteiger partial charge in [-0.1, -0.05) is 0 Å². The van der Waals surface area contributed by atoms with E-state index in [4.69, 9.17) is 4.74 Å². The van der Waals surface area contributed by atoms with Gasteiger partial charge in [0.05, 0.1) is 11.9 Å². The molecule has 1 heterocycles. The fourth-order valence-electron chi connectivity index (χ4n) is 2.19. The predicted molar refractivity (Wildman–Crippen MR) is 60.7 cm³/mol. The molecule has 1 rings (SSSR count). The molecule has 0 aromatic rings. The lowest BCUT2D eigenvalue weighted by Gasteiger charge is -2.25. The molecule has 0 spiro atoms. The third-order valence-electron chi connectivity index (χ3n) is 3.12. The van der Waals surface area contributed by atoms with Crippen LogP contribution in [0.3, 0.4) is 0 Å². The van der Waals surface area contributed by atoms with E-state index >= 15 is 0 Å². The lowest BCUT2D eigenvalue weighted by molar-refractivity contribution is 0.0959. The van der Waals surface area contributed by atoms with Crippen LogP contribution in [0.2, 0.25) is 0 Å². The number of hydrogen-bond acceptors (Lipinski definition) is 4. The van der Waals surface area contributed by atoms with Crippen molar-refractivity contribution < 1.29 is 13.2 Å². The number of sulfone groups is 1. The van der Waals surface area contributed by atoms with Crippen LogP contribution in [0.1, 0.15) is 19.8 Å². The van der Waals surface area contributed by atoms with Crippen LogP contribution in [0.25, 0.3) is 0 Å². The maximum atomic E-state index is 11.1. The van der Waals surface area contributed by atoms with Crippen molar-refractivity contribution in [2.75, 3.05) is 25.7 Å². The van der Waals surface area contributed by atoms with Gasteiger partial charge in [0.15, 0.2) is 0 Å². The van der Waals surface area contributed by atoms with Crippen LogP contribution in [0.4, 0.5) is 0 Å². The van der Waals surface area contributed by atoms with Crippen LogP contribution >= 0.6 is 0 Å². The van der Waals surface area contributed by atoms with Crippen molar-refractivity contribution in [1.29, 1.82) is 0 Å². The Morgan fingerprint density at radius 2 is 2.20 bits per heavy atom. The summed E-state index contributed by atoms with van der Waals surface area (Å²) in [6.07, 6.45) is 3.22. The number of hydrogen-bond donors (Lipinski definition) is 1. The SMILES string of the molecule is CNC(CCS(C)(=O)=O)C1CCOC1C. The van der Waals surface area contributed by atoms with Crippen molar-refractivity contribution in [3.8, 4) is 0 Å². The molecule has 1 aliphatic heterocycles. The van der Waals surface area contributed by atoms with Gasteiger partial charge in [-0.2, -0.15) is 0 Å². The van der Waals surface area contributed by atoms with E-state index < -0.39 is 9.84 Å². The monoisotopic (exact) mass is 235 g/mol. The normalized spacial score (nSPS) is 29.3. The first-order valence-electron chi connectivity index (χ1n) is 5.40. The van der Waals surface area contributed by atoms with E-state index in [0.29, 0.717) is 12.3 Å². The maximum absolute atomic E-state index is 11.1. The van der Waals surface area contributed by atoms with Crippen LogP contribution in [-0.2, 0) is 14.6 Å². The second kappa shape index (κ2) is 5.27. The molecule has 5 heteroatoms. The zero-order chi connectivity index (χ0) is 11.5. The van der Waals surface area contributed by atoms with Gasteiger partial charge in [0.2, 0.25) is 0 Å². The Balaban J connectivity index is 2.48. The van der Waals surface area contributed by atoms with Gasteiger partial charge in [0, 0.05) is 24.8 Å². The molecule has 0 saturated carbocycles. The number of ether oxygens (including phenoxy) is 1. The summed E-state index contributed by atoms with van der Waals surface area (Å²) in [6, 6.07) is 0.247. The van der Waals surface area contributed by atoms with Crippen LogP contribution in [0.5, 0.6) is 0 Å². The van der Waals surface area contributed by atoms with Crippen molar-refractivity contribution in [3.63, 3.8) is 0 Å². The van der Waals surface area contributed by atoms with Crippen LogP contribution in [0, 0.1) is 5.92 Å². The molecule has 1 saturated heterocycles. The molecule has 15 heavy (non-hydrogen) atoms. The molecule has 3 unspecified atom stereocenters. The van der Waals surface area contributed by atoms with E-state index in [1.807, 2.05) is 7.05 Å². The summed E-state index contributed by atoms with van der Waals surface area (Å²) in [5, 5.41) is 3.20. The molecule has 0 aromatic carbocycles. The van der Waals surface area contributed by atoms with Gasteiger partial charge in [-0.15, -0.1) is 0 Å². The molecule has 0 radical (unpaired) electrons. The molecule has 0 amide bonds. The molecule has 0 aromatic heterocycles. The minimum Gasteiger partial charge on any atom is -0.378 e. The Morgan fingerprint density at radius 1 is 1.53 bits per heavy atom. The minimum atomic E-state index is -2.86. The van der Waals surface area contributed by atoms with E-state index in [1.54, 1.807) is 0 Å². The van der Waals surface area contributed by atoms with Gasteiger partial charge in [-0.25, -0.2) is 8.42 Å². The average molecular weight is 235 g/mol. The van der Waals surface area contributed by atoms with Crippen molar-refractivity contribution in [1.82, 2.24) is 5.32 Å². The second-order valence-electron chi connectivity index (χ2n) is 4.34. The Kier molecular flexibility index (Phi) is 4.55. The number of rotatable bonds is 5. The standard InChI is InChI=1S/C10H21NO3S/c1-8-9(4-6-14-8)10(11-2)5-7-15(3,12)13/h8-11H,4-7H2,1-3H3. The van der Waals surface area contributed by atoms with Crippen molar-refractivity contribution in [2.45, 2.75) is 31.9 Å². The third-order valence-corrected chi connectivity index (χ3v) is 4.10. The molecule has 0 aliphatic carbocycles. The average Bonchev–Trinajstić information content (AvgIpc) is 2.52. The minimum absolute atomic E-state index is 0.238. The van der Waals surface area contributed by atoms with Crippen molar-refractivity contribution >= 4 is 9.84 Å². The first-order chi connectivity index (χ1) is 6.94. The predicted octanol–water partition coefficient (Wildman–Crippen LogP) is 0.434. The van der Waals surface area contributed by atoms with E-state index in [9.17, 15) is 8.42 Å². The summed E-state index contributed by atoms with van der Waals surface area (Å²) < 4.78 is 27.7. The zero-order valence-electron chi connectivity index (χ0n) is 9.69. The first-order valence-corrected chi connectivity index (χ1v) is 7.46.